The van der Waals surface area contributed by atoms with Crippen molar-refractivity contribution in [2.45, 2.75) is 26.8 Å². The molecule has 0 amide bonds. The summed E-state index contributed by atoms with van der Waals surface area (Å²) >= 11 is 3.21. The first-order valence-corrected chi connectivity index (χ1v) is 4.47. The SMILES string of the molecule is CC(C)[C@@H](C)n1cnc(Br)n1. The summed E-state index contributed by atoms with van der Waals surface area (Å²) in [7, 11) is 0. The summed E-state index contributed by atoms with van der Waals surface area (Å²) < 4.78 is 2.53. The molecule has 0 saturated heterocycles. The summed E-state index contributed by atoms with van der Waals surface area (Å²) in [4.78, 5) is 3.99. The molecular weight excluding hydrogens is 206 g/mol. The van der Waals surface area contributed by atoms with Gasteiger partial charge in [0.25, 0.3) is 0 Å². The second-order valence-electron chi connectivity index (χ2n) is 2.98. The van der Waals surface area contributed by atoms with Gasteiger partial charge in [0.1, 0.15) is 6.33 Å². The fourth-order valence-electron chi connectivity index (χ4n) is 0.755. The smallest absolute Gasteiger partial charge is 0.217 e. The van der Waals surface area contributed by atoms with Gasteiger partial charge in [0.2, 0.25) is 4.73 Å². The zero-order valence-electron chi connectivity index (χ0n) is 6.95. The lowest BCUT2D eigenvalue weighted by atomic mass is 10.1. The van der Waals surface area contributed by atoms with Gasteiger partial charge < -0.3 is 0 Å². The van der Waals surface area contributed by atoms with Crippen LogP contribution in [0.5, 0.6) is 0 Å². The lowest BCUT2D eigenvalue weighted by Crippen LogP contribution is -2.11. The van der Waals surface area contributed by atoms with E-state index in [2.05, 4.69) is 46.8 Å². The van der Waals surface area contributed by atoms with Crippen molar-refractivity contribution >= 4 is 15.9 Å². The average Bonchev–Trinajstić information content (AvgIpc) is 2.34. The lowest BCUT2D eigenvalue weighted by molar-refractivity contribution is 0.373. The van der Waals surface area contributed by atoms with E-state index in [0.717, 1.165) is 0 Å². The van der Waals surface area contributed by atoms with Gasteiger partial charge in [-0.25, -0.2) is 9.67 Å². The Morgan fingerprint density at radius 1 is 1.45 bits per heavy atom. The molecule has 1 rings (SSSR count). The standard InChI is InChI=1S/C7H12BrN3/c1-5(2)6(3)11-4-9-7(8)10-11/h4-6H,1-3H3/t6-/m1/s1. The third kappa shape index (κ3) is 2.02. The zero-order chi connectivity index (χ0) is 8.43. The highest BCUT2D eigenvalue weighted by Crippen LogP contribution is 2.15. The monoisotopic (exact) mass is 217 g/mol. The van der Waals surface area contributed by atoms with Crippen LogP contribution < -0.4 is 0 Å². The Balaban J connectivity index is 2.76. The summed E-state index contributed by atoms with van der Waals surface area (Å²) in [5.41, 5.74) is 0. The molecule has 0 bridgehead atoms. The maximum atomic E-state index is 4.15. The van der Waals surface area contributed by atoms with E-state index in [1.54, 1.807) is 6.33 Å². The Morgan fingerprint density at radius 3 is 2.45 bits per heavy atom. The van der Waals surface area contributed by atoms with E-state index in [1.165, 1.54) is 0 Å². The molecule has 1 atom stereocenters. The highest BCUT2D eigenvalue weighted by atomic mass is 79.9. The van der Waals surface area contributed by atoms with Crippen molar-refractivity contribution in [1.29, 1.82) is 0 Å². The van der Waals surface area contributed by atoms with Crippen LogP contribution in [0.2, 0.25) is 0 Å². The van der Waals surface area contributed by atoms with E-state index < -0.39 is 0 Å². The van der Waals surface area contributed by atoms with Crippen molar-refractivity contribution in [3.05, 3.63) is 11.1 Å². The zero-order valence-corrected chi connectivity index (χ0v) is 8.54. The molecule has 0 unspecified atom stereocenters. The van der Waals surface area contributed by atoms with E-state index in [0.29, 0.717) is 16.7 Å². The van der Waals surface area contributed by atoms with Crippen LogP contribution in [0.3, 0.4) is 0 Å². The maximum Gasteiger partial charge on any atom is 0.217 e. The van der Waals surface area contributed by atoms with E-state index in [-0.39, 0.29) is 0 Å². The molecule has 1 heterocycles. The van der Waals surface area contributed by atoms with Gasteiger partial charge in [-0.2, -0.15) is 0 Å². The van der Waals surface area contributed by atoms with Crippen molar-refractivity contribution in [2.24, 2.45) is 5.92 Å². The molecule has 3 nitrogen and oxygen atoms in total. The average molecular weight is 218 g/mol. The molecule has 62 valence electrons. The van der Waals surface area contributed by atoms with Gasteiger partial charge in [-0.05, 0) is 28.8 Å². The van der Waals surface area contributed by atoms with Crippen LogP contribution in [0.1, 0.15) is 26.8 Å². The largest absolute Gasteiger partial charge is 0.249 e. The van der Waals surface area contributed by atoms with Gasteiger partial charge in [0.05, 0.1) is 6.04 Å². The molecule has 4 heteroatoms. The fraction of sp³-hybridized carbons (Fsp3) is 0.714. The first-order valence-electron chi connectivity index (χ1n) is 3.68. The van der Waals surface area contributed by atoms with Crippen LogP contribution in [0.25, 0.3) is 0 Å². The molecule has 0 aromatic carbocycles. The number of halogens is 1. The maximum absolute atomic E-state index is 4.15. The van der Waals surface area contributed by atoms with Crippen molar-refractivity contribution in [3.63, 3.8) is 0 Å². The van der Waals surface area contributed by atoms with E-state index >= 15 is 0 Å². The molecule has 0 spiro atoms. The number of hydrogen-bond acceptors (Lipinski definition) is 2. The first-order chi connectivity index (χ1) is 5.11. The number of nitrogens with zero attached hydrogens (tertiary/aromatic N) is 3. The van der Waals surface area contributed by atoms with Crippen LogP contribution in [-0.4, -0.2) is 14.8 Å². The normalized spacial score (nSPS) is 13.9. The molecule has 1 aromatic heterocycles. The topological polar surface area (TPSA) is 30.7 Å². The van der Waals surface area contributed by atoms with Gasteiger partial charge in [-0.15, -0.1) is 5.10 Å². The predicted octanol–water partition coefficient (Wildman–Crippen LogP) is 2.26. The van der Waals surface area contributed by atoms with Crippen LogP contribution in [-0.2, 0) is 0 Å². The molecule has 0 fully saturated rings. The molecule has 0 aliphatic rings. The van der Waals surface area contributed by atoms with Gasteiger partial charge in [-0.3, -0.25) is 0 Å². The Bertz CT molecular complexity index is 231. The van der Waals surface area contributed by atoms with Crippen LogP contribution in [0.15, 0.2) is 11.1 Å². The van der Waals surface area contributed by atoms with Crippen molar-refractivity contribution in [1.82, 2.24) is 14.8 Å². The van der Waals surface area contributed by atoms with Gasteiger partial charge >= 0.3 is 0 Å². The Hall–Kier alpha value is -0.380. The highest BCUT2D eigenvalue weighted by Gasteiger charge is 2.09. The van der Waals surface area contributed by atoms with E-state index in [1.807, 2.05) is 4.68 Å². The minimum Gasteiger partial charge on any atom is -0.249 e. The molecule has 0 aliphatic carbocycles. The van der Waals surface area contributed by atoms with Crippen LogP contribution >= 0.6 is 15.9 Å². The predicted molar refractivity (Wildman–Crippen MR) is 47.3 cm³/mol. The van der Waals surface area contributed by atoms with Gasteiger partial charge in [0.15, 0.2) is 0 Å². The molecular formula is C7H12BrN3. The van der Waals surface area contributed by atoms with E-state index in [4.69, 9.17) is 0 Å². The van der Waals surface area contributed by atoms with Gasteiger partial charge in [-0.1, -0.05) is 13.8 Å². The van der Waals surface area contributed by atoms with Gasteiger partial charge in [0, 0.05) is 0 Å². The fourth-order valence-corrected chi connectivity index (χ4v) is 1.03. The molecule has 0 N–H and O–H groups in total. The summed E-state index contributed by atoms with van der Waals surface area (Å²) in [5.74, 6) is 0.587. The summed E-state index contributed by atoms with van der Waals surface area (Å²) in [6.07, 6.45) is 1.74. The molecule has 0 saturated carbocycles. The van der Waals surface area contributed by atoms with Crippen molar-refractivity contribution < 1.29 is 0 Å². The molecule has 0 radical (unpaired) electrons. The Kier molecular flexibility index (Phi) is 2.65. The quantitative estimate of drug-likeness (QED) is 0.762. The second kappa shape index (κ2) is 3.34. The first kappa shape index (κ1) is 8.71. The van der Waals surface area contributed by atoms with E-state index in [9.17, 15) is 0 Å². The summed E-state index contributed by atoms with van der Waals surface area (Å²) in [6.45, 7) is 6.46. The third-order valence-electron chi connectivity index (χ3n) is 1.86. The Labute approximate surface area is 75.0 Å². The second-order valence-corrected chi connectivity index (χ2v) is 3.69. The number of hydrogen-bond donors (Lipinski definition) is 0. The minimum atomic E-state index is 0.411. The Morgan fingerprint density at radius 2 is 2.09 bits per heavy atom. The van der Waals surface area contributed by atoms with Crippen molar-refractivity contribution in [2.75, 3.05) is 0 Å². The lowest BCUT2D eigenvalue weighted by Gasteiger charge is -2.14. The molecule has 1 aromatic rings. The number of rotatable bonds is 2. The number of aromatic nitrogens is 3. The van der Waals surface area contributed by atoms with Crippen LogP contribution in [0.4, 0.5) is 0 Å². The molecule has 0 aliphatic heterocycles. The summed E-state index contributed by atoms with van der Waals surface area (Å²) in [6, 6.07) is 0.411. The summed E-state index contributed by atoms with van der Waals surface area (Å²) in [5, 5.41) is 4.15. The highest BCUT2D eigenvalue weighted by molar-refractivity contribution is 9.10. The minimum absolute atomic E-state index is 0.411. The molecule has 11 heavy (non-hydrogen) atoms. The third-order valence-corrected chi connectivity index (χ3v) is 2.23. The van der Waals surface area contributed by atoms with Crippen LogP contribution in [0, 0.1) is 5.92 Å². The van der Waals surface area contributed by atoms with Crippen molar-refractivity contribution in [3.8, 4) is 0 Å².